The molecule has 0 fully saturated rings. The molecule has 1 heterocycles. The number of hydrogen-bond acceptors (Lipinski definition) is 2. The summed E-state index contributed by atoms with van der Waals surface area (Å²) in [5.74, 6) is 0. The lowest BCUT2D eigenvalue weighted by atomic mass is 10.1. The Kier molecular flexibility index (Phi) is 4.17. The van der Waals surface area contributed by atoms with Crippen molar-refractivity contribution in [1.82, 2.24) is 14.7 Å². The van der Waals surface area contributed by atoms with Gasteiger partial charge in [0.05, 0.1) is 12.7 Å². The molecule has 0 spiro atoms. The maximum Gasteiger partial charge on any atom is 0.0568 e. The molecule has 0 saturated heterocycles. The molecule has 0 atom stereocenters. The molecule has 2 aromatic rings. The molecule has 17 heavy (non-hydrogen) atoms. The van der Waals surface area contributed by atoms with E-state index in [0.29, 0.717) is 0 Å². The van der Waals surface area contributed by atoms with Crippen LogP contribution in [0.1, 0.15) is 0 Å². The SMILES string of the molecule is CN(C)CCn1cc(-c2ccc(I)cc2)cn1. The highest BCUT2D eigenvalue weighted by Gasteiger charge is 2.01. The summed E-state index contributed by atoms with van der Waals surface area (Å²) in [4.78, 5) is 2.16. The van der Waals surface area contributed by atoms with Gasteiger partial charge in [-0.2, -0.15) is 5.10 Å². The Morgan fingerprint density at radius 1 is 1.18 bits per heavy atom. The molecule has 0 bridgehead atoms. The van der Waals surface area contributed by atoms with Crippen molar-refractivity contribution in [3.63, 3.8) is 0 Å². The van der Waals surface area contributed by atoms with E-state index in [0.717, 1.165) is 13.1 Å². The lowest BCUT2D eigenvalue weighted by molar-refractivity contribution is 0.373. The minimum Gasteiger partial charge on any atom is -0.308 e. The number of rotatable bonds is 4. The van der Waals surface area contributed by atoms with Gasteiger partial charge in [-0.25, -0.2) is 0 Å². The van der Waals surface area contributed by atoms with Gasteiger partial charge in [-0.05, 0) is 54.4 Å². The minimum atomic E-state index is 0.928. The normalized spacial score (nSPS) is 11.1. The third-order valence-electron chi connectivity index (χ3n) is 2.59. The molecule has 4 heteroatoms. The molecule has 0 amide bonds. The highest BCUT2D eigenvalue weighted by molar-refractivity contribution is 14.1. The van der Waals surface area contributed by atoms with Crippen molar-refractivity contribution in [3.05, 3.63) is 40.2 Å². The highest BCUT2D eigenvalue weighted by Crippen LogP contribution is 2.19. The fourth-order valence-corrected chi connectivity index (χ4v) is 1.94. The molecular weight excluding hydrogens is 325 g/mol. The van der Waals surface area contributed by atoms with Gasteiger partial charge < -0.3 is 4.90 Å². The van der Waals surface area contributed by atoms with Crippen LogP contribution < -0.4 is 0 Å². The van der Waals surface area contributed by atoms with Crippen molar-refractivity contribution < 1.29 is 0 Å². The van der Waals surface area contributed by atoms with Crippen molar-refractivity contribution in [2.24, 2.45) is 0 Å². The van der Waals surface area contributed by atoms with Gasteiger partial charge in [-0.1, -0.05) is 12.1 Å². The minimum absolute atomic E-state index is 0.928. The summed E-state index contributed by atoms with van der Waals surface area (Å²) in [5.41, 5.74) is 2.40. The Hall–Kier alpha value is -0.880. The summed E-state index contributed by atoms with van der Waals surface area (Å²) in [6.45, 7) is 1.94. The second kappa shape index (κ2) is 5.64. The van der Waals surface area contributed by atoms with Crippen molar-refractivity contribution >= 4 is 22.6 Å². The van der Waals surface area contributed by atoms with E-state index in [1.54, 1.807) is 0 Å². The van der Waals surface area contributed by atoms with E-state index < -0.39 is 0 Å². The molecule has 1 aromatic carbocycles. The van der Waals surface area contributed by atoms with Crippen LogP contribution in [-0.2, 0) is 6.54 Å². The molecule has 0 aliphatic carbocycles. The van der Waals surface area contributed by atoms with E-state index in [2.05, 4.69) is 77.1 Å². The maximum absolute atomic E-state index is 4.38. The van der Waals surface area contributed by atoms with E-state index in [4.69, 9.17) is 0 Å². The van der Waals surface area contributed by atoms with E-state index in [1.807, 2.05) is 10.9 Å². The molecule has 3 nitrogen and oxygen atoms in total. The fourth-order valence-electron chi connectivity index (χ4n) is 1.58. The smallest absolute Gasteiger partial charge is 0.0568 e. The standard InChI is InChI=1S/C13H16IN3/c1-16(2)7-8-17-10-12(9-15-17)11-3-5-13(14)6-4-11/h3-6,9-10H,7-8H2,1-2H3. The number of likely N-dealkylation sites (N-methyl/N-ethyl adjacent to an activating group) is 1. The Balaban J connectivity index is 2.10. The van der Waals surface area contributed by atoms with Gasteiger partial charge in [0.15, 0.2) is 0 Å². The monoisotopic (exact) mass is 341 g/mol. The first-order chi connectivity index (χ1) is 8.15. The van der Waals surface area contributed by atoms with E-state index in [1.165, 1.54) is 14.7 Å². The average molecular weight is 341 g/mol. The van der Waals surface area contributed by atoms with Gasteiger partial charge in [0.25, 0.3) is 0 Å². The van der Waals surface area contributed by atoms with E-state index >= 15 is 0 Å². The van der Waals surface area contributed by atoms with Crippen molar-refractivity contribution in [2.75, 3.05) is 20.6 Å². The molecule has 0 radical (unpaired) electrons. The van der Waals surface area contributed by atoms with E-state index in [-0.39, 0.29) is 0 Å². The van der Waals surface area contributed by atoms with Gasteiger partial charge in [-0.3, -0.25) is 4.68 Å². The highest BCUT2D eigenvalue weighted by atomic mass is 127. The maximum atomic E-state index is 4.38. The molecule has 0 aliphatic rings. The summed E-state index contributed by atoms with van der Waals surface area (Å²) < 4.78 is 3.25. The molecule has 2 rings (SSSR count). The largest absolute Gasteiger partial charge is 0.308 e. The summed E-state index contributed by atoms with van der Waals surface area (Å²) in [6.07, 6.45) is 4.03. The summed E-state index contributed by atoms with van der Waals surface area (Å²) in [5, 5.41) is 4.38. The topological polar surface area (TPSA) is 21.1 Å². The first-order valence-electron chi connectivity index (χ1n) is 5.58. The molecule has 0 unspecified atom stereocenters. The number of aromatic nitrogens is 2. The van der Waals surface area contributed by atoms with Crippen LogP contribution in [0.3, 0.4) is 0 Å². The van der Waals surface area contributed by atoms with Gasteiger partial charge in [0.2, 0.25) is 0 Å². The van der Waals surface area contributed by atoms with Crippen molar-refractivity contribution in [3.8, 4) is 11.1 Å². The molecular formula is C13H16IN3. The first-order valence-corrected chi connectivity index (χ1v) is 6.66. The van der Waals surface area contributed by atoms with Crippen LogP contribution in [0.25, 0.3) is 11.1 Å². The van der Waals surface area contributed by atoms with Crippen LogP contribution in [0.4, 0.5) is 0 Å². The molecule has 1 aromatic heterocycles. The fraction of sp³-hybridized carbons (Fsp3) is 0.308. The number of hydrogen-bond donors (Lipinski definition) is 0. The Labute approximate surface area is 116 Å². The molecule has 0 N–H and O–H groups in total. The lowest BCUT2D eigenvalue weighted by Crippen LogP contribution is -2.18. The number of halogens is 1. The quantitative estimate of drug-likeness (QED) is 0.798. The van der Waals surface area contributed by atoms with Gasteiger partial charge in [-0.15, -0.1) is 0 Å². The first kappa shape index (κ1) is 12.6. The van der Waals surface area contributed by atoms with Gasteiger partial charge in [0, 0.05) is 21.9 Å². The Bertz CT molecular complexity index is 474. The number of nitrogens with zero attached hydrogens (tertiary/aromatic N) is 3. The predicted molar refractivity (Wildman–Crippen MR) is 78.9 cm³/mol. The number of benzene rings is 1. The second-order valence-electron chi connectivity index (χ2n) is 4.30. The van der Waals surface area contributed by atoms with Crippen LogP contribution in [-0.4, -0.2) is 35.3 Å². The summed E-state index contributed by atoms with van der Waals surface area (Å²) in [7, 11) is 4.15. The van der Waals surface area contributed by atoms with Crippen LogP contribution >= 0.6 is 22.6 Å². The zero-order valence-corrected chi connectivity index (χ0v) is 12.3. The van der Waals surface area contributed by atoms with E-state index in [9.17, 15) is 0 Å². The van der Waals surface area contributed by atoms with Crippen molar-refractivity contribution in [2.45, 2.75) is 6.54 Å². The Morgan fingerprint density at radius 2 is 1.88 bits per heavy atom. The second-order valence-corrected chi connectivity index (χ2v) is 5.55. The third kappa shape index (κ3) is 3.54. The van der Waals surface area contributed by atoms with Crippen LogP contribution in [0.5, 0.6) is 0 Å². The summed E-state index contributed by atoms with van der Waals surface area (Å²) in [6, 6.07) is 8.50. The zero-order valence-electron chi connectivity index (χ0n) is 10.1. The van der Waals surface area contributed by atoms with Gasteiger partial charge >= 0.3 is 0 Å². The Morgan fingerprint density at radius 3 is 2.53 bits per heavy atom. The molecule has 0 saturated carbocycles. The third-order valence-corrected chi connectivity index (χ3v) is 3.31. The summed E-state index contributed by atoms with van der Waals surface area (Å²) >= 11 is 2.32. The van der Waals surface area contributed by atoms with Crippen molar-refractivity contribution in [1.29, 1.82) is 0 Å². The van der Waals surface area contributed by atoms with Crippen LogP contribution in [0.2, 0.25) is 0 Å². The lowest BCUT2D eigenvalue weighted by Gasteiger charge is -2.08. The predicted octanol–water partition coefficient (Wildman–Crippen LogP) is 2.72. The van der Waals surface area contributed by atoms with Gasteiger partial charge in [0.1, 0.15) is 0 Å². The van der Waals surface area contributed by atoms with Crippen LogP contribution in [0, 0.1) is 3.57 Å². The average Bonchev–Trinajstić information content (AvgIpc) is 2.76. The van der Waals surface area contributed by atoms with Crippen LogP contribution in [0.15, 0.2) is 36.7 Å². The molecule has 0 aliphatic heterocycles. The zero-order chi connectivity index (χ0) is 12.3. The molecule has 90 valence electrons.